The fraction of sp³-hybridized carbons (Fsp3) is 0.294. The molecule has 0 saturated carbocycles. The van der Waals surface area contributed by atoms with E-state index in [4.69, 9.17) is 21.0 Å². The maximum Gasteiger partial charge on any atom is 0.137 e. The number of nitrogens with zero attached hydrogens (tertiary/aromatic N) is 4. The van der Waals surface area contributed by atoms with Crippen LogP contribution in [-0.4, -0.2) is 0 Å². The van der Waals surface area contributed by atoms with Crippen molar-refractivity contribution in [3.8, 4) is 24.3 Å². The molecule has 4 heteroatoms. The van der Waals surface area contributed by atoms with E-state index in [2.05, 4.69) is 6.58 Å². The summed E-state index contributed by atoms with van der Waals surface area (Å²) in [6.45, 7) is 3.94. The van der Waals surface area contributed by atoms with E-state index in [1.807, 2.05) is 24.3 Å². The number of hydrogen-bond acceptors (Lipinski definition) is 4. The predicted octanol–water partition coefficient (Wildman–Crippen LogP) is 3.50. The zero-order valence-corrected chi connectivity index (χ0v) is 11.5. The summed E-state index contributed by atoms with van der Waals surface area (Å²) in [5.41, 5.74) is 3.42. The molecule has 2 aliphatic rings. The van der Waals surface area contributed by atoms with E-state index in [0.717, 1.165) is 43.3 Å². The fourth-order valence-corrected chi connectivity index (χ4v) is 3.00. The minimum atomic E-state index is 0.0135. The first-order valence-electron chi connectivity index (χ1n) is 6.71. The van der Waals surface area contributed by atoms with Crippen LogP contribution >= 0.6 is 0 Å². The summed E-state index contributed by atoms with van der Waals surface area (Å²) in [6.07, 6.45) is 4.51. The third-order valence-electron chi connectivity index (χ3n) is 3.87. The van der Waals surface area contributed by atoms with Gasteiger partial charge in [-0.15, -0.1) is 0 Å². The van der Waals surface area contributed by atoms with Gasteiger partial charge in [-0.05, 0) is 42.4 Å². The Morgan fingerprint density at radius 2 is 1.10 bits per heavy atom. The van der Waals surface area contributed by atoms with Crippen molar-refractivity contribution in [1.29, 1.82) is 21.0 Å². The molecular weight excluding hydrogens is 260 g/mol. The molecule has 21 heavy (non-hydrogen) atoms. The van der Waals surface area contributed by atoms with E-state index in [1.165, 1.54) is 0 Å². The molecule has 0 radical (unpaired) electrons. The average molecular weight is 272 g/mol. The average Bonchev–Trinajstić information content (AvgIpc) is 2.67. The fourth-order valence-electron chi connectivity index (χ4n) is 3.00. The maximum atomic E-state index is 9.16. The zero-order chi connectivity index (χ0) is 15.4. The van der Waals surface area contributed by atoms with Crippen molar-refractivity contribution >= 4 is 0 Å². The lowest BCUT2D eigenvalue weighted by atomic mass is 9.94. The Bertz CT molecular complexity index is 681. The standard InChI is InChI=1S/C17H12N4/c1-11-16(12(7-18)8-19)14-5-3-2-4-6-15(14)17(11)13(9-20)10-21/h1-6H2. The van der Waals surface area contributed by atoms with E-state index in [9.17, 15) is 0 Å². The van der Waals surface area contributed by atoms with Crippen molar-refractivity contribution in [2.45, 2.75) is 32.1 Å². The van der Waals surface area contributed by atoms with Gasteiger partial charge in [0.15, 0.2) is 0 Å². The summed E-state index contributed by atoms with van der Waals surface area (Å²) in [7, 11) is 0. The van der Waals surface area contributed by atoms with Crippen molar-refractivity contribution in [2.75, 3.05) is 0 Å². The van der Waals surface area contributed by atoms with Crippen molar-refractivity contribution in [2.24, 2.45) is 0 Å². The molecular formula is C17H12N4. The predicted molar refractivity (Wildman–Crippen MR) is 75.8 cm³/mol. The van der Waals surface area contributed by atoms with E-state index in [0.29, 0.717) is 16.7 Å². The molecule has 0 bridgehead atoms. The van der Waals surface area contributed by atoms with Gasteiger partial charge in [0.1, 0.15) is 35.4 Å². The van der Waals surface area contributed by atoms with Gasteiger partial charge in [-0.25, -0.2) is 0 Å². The molecule has 0 aromatic rings. The van der Waals surface area contributed by atoms with Crippen LogP contribution in [0, 0.1) is 45.3 Å². The summed E-state index contributed by atoms with van der Waals surface area (Å²) in [4.78, 5) is 0. The van der Waals surface area contributed by atoms with E-state index in [1.54, 1.807) is 0 Å². The Morgan fingerprint density at radius 1 is 0.714 bits per heavy atom. The minimum Gasteiger partial charge on any atom is -0.192 e. The van der Waals surface area contributed by atoms with E-state index in [-0.39, 0.29) is 11.1 Å². The second-order valence-corrected chi connectivity index (χ2v) is 4.94. The summed E-state index contributed by atoms with van der Waals surface area (Å²) in [5, 5.41) is 36.7. The molecule has 0 amide bonds. The van der Waals surface area contributed by atoms with Crippen molar-refractivity contribution < 1.29 is 0 Å². The van der Waals surface area contributed by atoms with Gasteiger partial charge in [0, 0.05) is 11.1 Å². The molecule has 0 N–H and O–H groups in total. The van der Waals surface area contributed by atoms with E-state index < -0.39 is 0 Å². The Kier molecular flexibility index (Phi) is 4.04. The minimum absolute atomic E-state index is 0.0135. The highest BCUT2D eigenvalue weighted by Crippen LogP contribution is 2.47. The quantitative estimate of drug-likeness (QED) is 0.630. The summed E-state index contributed by atoms with van der Waals surface area (Å²) >= 11 is 0. The van der Waals surface area contributed by atoms with Gasteiger partial charge in [-0.1, -0.05) is 13.0 Å². The van der Waals surface area contributed by atoms with Crippen LogP contribution in [0.2, 0.25) is 0 Å². The van der Waals surface area contributed by atoms with Gasteiger partial charge < -0.3 is 0 Å². The third-order valence-corrected chi connectivity index (χ3v) is 3.87. The van der Waals surface area contributed by atoms with Gasteiger partial charge in [-0.3, -0.25) is 0 Å². The molecule has 2 aliphatic carbocycles. The molecule has 0 spiro atoms. The molecule has 0 fully saturated rings. The van der Waals surface area contributed by atoms with Gasteiger partial charge in [0.25, 0.3) is 0 Å². The topological polar surface area (TPSA) is 95.2 Å². The molecule has 0 unspecified atom stereocenters. The first kappa shape index (κ1) is 14.3. The van der Waals surface area contributed by atoms with Crippen LogP contribution in [0.4, 0.5) is 0 Å². The summed E-state index contributed by atoms with van der Waals surface area (Å²) < 4.78 is 0. The van der Waals surface area contributed by atoms with Gasteiger partial charge in [-0.2, -0.15) is 21.0 Å². The molecule has 0 atom stereocenters. The van der Waals surface area contributed by atoms with Crippen molar-refractivity contribution in [3.05, 3.63) is 45.6 Å². The lowest BCUT2D eigenvalue weighted by molar-refractivity contribution is 0.706. The monoisotopic (exact) mass is 272 g/mol. The first-order chi connectivity index (χ1) is 10.2. The Morgan fingerprint density at radius 3 is 1.43 bits per heavy atom. The van der Waals surface area contributed by atoms with Crippen LogP contribution in [0.15, 0.2) is 45.6 Å². The number of rotatable bonds is 0. The van der Waals surface area contributed by atoms with Crippen molar-refractivity contribution in [3.63, 3.8) is 0 Å². The lowest BCUT2D eigenvalue weighted by Gasteiger charge is -2.07. The second kappa shape index (κ2) is 5.92. The molecule has 2 rings (SSSR count). The zero-order valence-electron chi connectivity index (χ0n) is 11.5. The highest BCUT2D eigenvalue weighted by atomic mass is 14.4. The first-order valence-corrected chi connectivity index (χ1v) is 6.71. The molecule has 0 heterocycles. The summed E-state index contributed by atoms with van der Waals surface area (Å²) in [5.74, 6) is 0. The highest BCUT2D eigenvalue weighted by Gasteiger charge is 2.33. The van der Waals surface area contributed by atoms with Crippen LogP contribution in [0.3, 0.4) is 0 Å². The molecule has 0 aromatic heterocycles. The molecule has 4 nitrogen and oxygen atoms in total. The van der Waals surface area contributed by atoms with Crippen LogP contribution < -0.4 is 0 Å². The SMILES string of the molecule is C=C1C(=C(C#N)C#N)C2=C(CCCCC2)C1=C(C#N)C#N. The smallest absolute Gasteiger partial charge is 0.137 e. The van der Waals surface area contributed by atoms with E-state index >= 15 is 0 Å². The molecule has 100 valence electrons. The van der Waals surface area contributed by atoms with Gasteiger partial charge in [0.2, 0.25) is 0 Å². The van der Waals surface area contributed by atoms with Gasteiger partial charge >= 0.3 is 0 Å². The Labute approximate surface area is 123 Å². The molecule has 0 saturated heterocycles. The Hall–Kier alpha value is -3.08. The van der Waals surface area contributed by atoms with Gasteiger partial charge in [0.05, 0.1) is 0 Å². The van der Waals surface area contributed by atoms with Crippen LogP contribution in [0.1, 0.15) is 32.1 Å². The summed E-state index contributed by atoms with van der Waals surface area (Å²) in [6, 6.07) is 7.63. The van der Waals surface area contributed by atoms with Crippen LogP contribution in [-0.2, 0) is 0 Å². The second-order valence-electron chi connectivity index (χ2n) is 4.94. The lowest BCUT2D eigenvalue weighted by Crippen LogP contribution is -1.94. The molecule has 0 aromatic carbocycles. The highest BCUT2D eigenvalue weighted by molar-refractivity contribution is 5.78. The number of hydrogen-bond donors (Lipinski definition) is 0. The van der Waals surface area contributed by atoms with Crippen LogP contribution in [0.5, 0.6) is 0 Å². The van der Waals surface area contributed by atoms with Crippen LogP contribution in [0.25, 0.3) is 0 Å². The number of allylic oxidation sites excluding steroid dienone is 7. The largest absolute Gasteiger partial charge is 0.192 e. The van der Waals surface area contributed by atoms with Crippen molar-refractivity contribution in [1.82, 2.24) is 0 Å². The third kappa shape index (κ3) is 2.25. The normalized spacial score (nSPS) is 17.0. The molecule has 0 aliphatic heterocycles. The Balaban J connectivity index is 2.82. The maximum absolute atomic E-state index is 9.16. The number of nitriles is 4.